The Balaban J connectivity index is 2.18. The number of rotatable bonds is 3. The second-order valence-electron chi connectivity index (χ2n) is 3.93. The van der Waals surface area contributed by atoms with Crippen LogP contribution in [0.15, 0.2) is 0 Å². The molecule has 1 fully saturated rings. The lowest BCUT2D eigenvalue weighted by Crippen LogP contribution is -2.14. The van der Waals surface area contributed by atoms with E-state index in [0.717, 1.165) is 5.92 Å². The minimum absolute atomic E-state index is 0.990. The third kappa shape index (κ3) is 2.84. The first kappa shape index (κ1) is 9.09. The van der Waals surface area contributed by atoms with Crippen LogP contribution in [0.3, 0.4) is 0 Å². The van der Waals surface area contributed by atoms with Gasteiger partial charge in [-0.25, -0.2) is 0 Å². The molecule has 0 aromatic carbocycles. The number of unbranched alkanes of at least 4 members (excludes halogenated alkanes) is 1. The van der Waals surface area contributed by atoms with Gasteiger partial charge in [0, 0.05) is 0 Å². The van der Waals surface area contributed by atoms with Crippen molar-refractivity contribution >= 4 is 0 Å². The maximum atomic E-state index is 2.36. The van der Waals surface area contributed by atoms with Crippen LogP contribution in [0, 0.1) is 11.8 Å². The summed E-state index contributed by atoms with van der Waals surface area (Å²) in [5.41, 5.74) is 0. The SMILES string of the molecule is CCCCC1CCCC[C]1C. The predicted molar refractivity (Wildman–Crippen MR) is 50.4 cm³/mol. The molecule has 0 aliphatic heterocycles. The summed E-state index contributed by atoms with van der Waals surface area (Å²) >= 11 is 0. The van der Waals surface area contributed by atoms with Crippen molar-refractivity contribution in [3.63, 3.8) is 0 Å². The molecule has 1 unspecified atom stereocenters. The molecule has 0 bridgehead atoms. The van der Waals surface area contributed by atoms with E-state index in [1.165, 1.54) is 44.9 Å². The summed E-state index contributed by atoms with van der Waals surface area (Å²) in [6, 6.07) is 0. The molecule has 1 atom stereocenters. The first-order valence-electron chi connectivity index (χ1n) is 5.17. The van der Waals surface area contributed by atoms with E-state index in [2.05, 4.69) is 13.8 Å². The van der Waals surface area contributed by atoms with Gasteiger partial charge in [-0.1, -0.05) is 39.5 Å². The molecule has 1 rings (SSSR count). The smallest absolute Gasteiger partial charge is 0.0241 e. The molecule has 0 nitrogen and oxygen atoms in total. The monoisotopic (exact) mass is 153 g/mol. The topological polar surface area (TPSA) is 0 Å². The van der Waals surface area contributed by atoms with Crippen molar-refractivity contribution in [2.75, 3.05) is 0 Å². The van der Waals surface area contributed by atoms with Gasteiger partial charge in [-0.2, -0.15) is 0 Å². The molecule has 11 heavy (non-hydrogen) atoms. The Morgan fingerprint density at radius 1 is 1.36 bits per heavy atom. The standard InChI is InChI=1S/C11H21/c1-3-4-8-11-9-6-5-7-10(11)2/h11H,3-9H2,1-2H3. The van der Waals surface area contributed by atoms with E-state index in [-0.39, 0.29) is 0 Å². The van der Waals surface area contributed by atoms with E-state index in [9.17, 15) is 0 Å². The van der Waals surface area contributed by atoms with E-state index >= 15 is 0 Å². The van der Waals surface area contributed by atoms with Crippen molar-refractivity contribution in [1.82, 2.24) is 0 Å². The predicted octanol–water partition coefficient (Wildman–Crippen LogP) is 3.96. The minimum atomic E-state index is 0.990. The van der Waals surface area contributed by atoms with Gasteiger partial charge >= 0.3 is 0 Å². The Morgan fingerprint density at radius 3 is 2.82 bits per heavy atom. The molecule has 1 saturated carbocycles. The van der Waals surface area contributed by atoms with Gasteiger partial charge in [0.1, 0.15) is 0 Å². The fraction of sp³-hybridized carbons (Fsp3) is 0.909. The summed E-state index contributed by atoms with van der Waals surface area (Å²) in [6.45, 7) is 4.65. The van der Waals surface area contributed by atoms with Crippen LogP contribution in [0.5, 0.6) is 0 Å². The zero-order valence-corrected chi connectivity index (χ0v) is 8.03. The maximum Gasteiger partial charge on any atom is -0.0241 e. The summed E-state index contributed by atoms with van der Waals surface area (Å²) in [7, 11) is 0. The Kier molecular flexibility index (Phi) is 3.96. The second kappa shape index (κ2) is 4.79. The van der Waals surface area contributed by atoms with Gasteiger partial charge in [0.05, 0.1) is 0 Å². The molecule has 0 heteroatoms. The molecular weight excluding hydrogens is 132 g/mol. The van der Waals surface area contributed by atoms with Crippen LogP contribution in [-0.2, 0) is 0 Å². The lowest BCUT2D eigenvalue weighted by molar-refractivity contribution is 0.366. The van der Waals surface area contributed by atoms with Gasteiger partial charge in [0.25, 0.3) is 0 Å². The third-order valence-electron chi connectivity index (χ3n) is 2.98. The van der Waals surface area contributed by atoms with Crippen LogP contribution in [0.1, 0.15) is 58.8 Å². The maximum absolute atomic E-state index is 2.36. The summed E-state index contributed by atoms with van der Waals surface area (Å²) in [4.78, 5) is 0. The summed E-state index contributed by atoms with van der Waals surface area (Å²) in [6.07, 6.45) is 10.1. The Hall–Kier alpha value is 0. The molecular formula is C11H21. The van der Waals surface area contributed by atoms with Gasteiger partial charge in [0.15, 0.2) is 0 Å². The summed E-state index contributed by atoms with van der Waals surface area (Å²) in [5, 5.41) is 0. The highest BCUT2D eigenvalue weighted by Crippen LogP contribution is 2.34. The largest absolute Gasteiger partial charge is 0.0654 e. The van der Waals surface area contributed by atoms with Crippen molar-refractivity contribution in [2.24, 2.45) is 5.92 Å². The highest BCUT2D eigenvalue weighted by molar-refractivity contribution is 4.94. The molecule has 1 aliphatic rings. The summed E-state index contributed by atoms with van der Waals surface area (Å²) < 4.78 is 0. The second-order valence-corrected chi connectivity index (χ2v) is 3.93. The van der Waals surface area contributed by atoms with E-state index in [0.29, 0.717) is 0 Å². The third-order valence-corrected chi connectivity index (χ3v) is 2.98. The Morgan fingerprint density at radius 2 is 2.18 bits per heavy atom. The highest BCUT2D eigenvalue weighted by atomic mass is 14.3. The van der Waals surface area contributed by atoms with E-state index in [1.807, 2.05) is 0 Å². The minimum Gasteiger partial charge on any atom is -0.0654 e. The Labute approximate surface area is 71.4 Å². The summed E-state index contributed by atoms with van der Waals surface area (Å²) in [5.74, 6) is 2.77. The first-order chi connectivity index (χ1) is 5.34. The normalized spacial score (nSPS) is 27.3. The lowest BCUT2D eigenvalue weighted by Gasteiger charge is -2.27. The molecule has 0 heterocycles. The molecule has 0 saturated heterocycles. The fourth-order valence-electron chi connectivity index (χ4n) is 2.09. The van der Waals surface area contributed by atoms with Gasteiger partial charge < -0.3 is 0 Å². The van der Waals surface area contributed by atoms with Gasteiger partial charge in [-0.3, -0.25) is 0 Å². The zero-order valence-electron chi connectivity index (χ0n) is 8.03. The van der Waals surface area contributed by atoms with Gasteiger partial charge in [0.2, 0.25) is 0 Å². The van der Waals surface area contributed by atoms with Crippen LogP contribution in [0.2, 0.25) is 0 Å². The molecule has 0 amide bonds. The van der Waals surface area contributed by atoms with Crippen LogP contribution < -0.4 is 0 Å². The van der Waals surface area contributed by atoms with Crippen molar-refractivity contribution in [3.8, 4) is 0 Å². The van der Waals surface area contributed by atoms with Crippen LogP contribution in [0.25, 0.3) is 0 Å². The molecule has 0 aromatic heterocycles. The van der Waals surface area contributed by atoms with E-state index < -0.39 is 0 Å². The lowest BCUT2D eigenvalue weighted by atomic mass is 9.78. The Bertz CT molecular complexity index is 96.2. The van der Waals surface area contributed by atoms with Crippen LogP contribution >= 0.6 is 0 Å². The molecule has 1 aliphatic carbocycles. The average molecular weight is 153 g/mol. The van der Waals surface area contributed by atoms with E-state index in [1.54, 1.807) is 5.92 Å². The molecule has 0 N–H and O–H groups in total. The van der Waals surface area contributed by atoms with Crippen molar-refractivity contribution in [2.45, 2.75) is 58.8 Å². The zero-order chi connectivity index (χ0) is 8.10. The van der Waals surface area contributed by atoms with Crippen molar-refractivity contribution in [1.29, 1.82) is 0 Å². The molecule has 0 spiro atoms. The quantitative estimate of drug-likeness (QED) is 0.575. The average Bonchev–Trinajstić information content (AvgIpc) is 2.03. The fourth-order valence-corrected chi connectivity index (χ4v) is 2.09. The van der Waals surface area contributed by atoms with Crippen LogP contribution in [-0.4, -0.2) is 0 Å². The van der Waals surface area contributed by atoms with Gasteiger partial charge in [-0.15, -0.1) is 0 Å². The molecule has 1 radical (unpaired) electrons. The molecule has 65 valence electrons. The number of hydrogen-bond donors (Lipinski definition) is 0. The first-order valence-corrected chi connectivity index (χ1v) is 5.17. The number of hydrogen-bond acceptors (Lipinski definition) is 0. The highest BCUT2D eigenvalue weighted by Gasteiger charge is 2.20. The van der Waals surface area contributed by atoms with Crippen molar-refractivity contribution in [3.05, 3.63) is 5.92 Å². The van der Waals surface area contributed by atoms with Gasteiger partial charge in [-0.05, 0) is 31.1 Å². The molecule has 0 aromatic rings. The van der Waals surface area contributed by atoms with E-state index in [4.69, 9.17) is 0 Å². The van der Waals surface area contributed by atoms with Crippen LogP contribution in [0.4, 0.5) is 0 Å². The van der Waals surface area contributed by atoms with Crippen molar-refractivity contribution < 1.29 is 0 Å².